The van der Waals surface area contributed by atoms with Gasteiger partial charge in [0.05, 0.1) is 12.2 Å². The van der Waals surface area contributed by atoms with Crippen LogP contribution < -0.4 is 5.32 Å². The van der Waals surface area contributed by atoms with Gasteiger partial charge in [0.25, 0.3) is 9.70 Å². The summed E-state index contributed by atoms with van der Waals surface area (Å²) in [6.45, 7) is 0.217. The summed E-state index contributed by atoms with van der Waals surface area (Å²) in [4.78, 5) is 19.7. The molecule has 0 atom stereocenters. The van der Waals surface area contributed by atoms with Gasteiger partial charge in [-0.2, -0.15) is 0 Å². The number of amides is 1. The van der Waals surface area contributed by atoms with Crippen molar-refractivity contribution >= 4 is 52.0 Å². The number of alkyl halides is 3. The topological polar surface area (TPSA) is 54.9 Å². The molecule has 0 aliphatic rings. The molecule has 0 aliphatic carbocycles. The molecule has 2 aromatic heterocycles. The molecule has 4 nitrogen and oxygen atoms in total. The highest BCUT2D eigenvalue weighted by molar-refractivity contribution is 7.13. The lowest BCUT2D eigenvalue weighted by Gasteiger charge is -2.09. The molecule has 0 fully saturated rings. The molecule has 0 aliphatic heterocycles. The summed E-state index contributed by atoms with van der Waals surface area (Å²) in [7, 11) is 0. The van der Waals surface area contributed by atoms with Crippen LogP contribution in [0.25, 0.3) is 10.6 Å². The highest BCUT2D eigenvalue weighted by Crippen LogP contribution is 2.26. The van der Waals surface area contributed by atoms with E-state index >= 15 is 0 Å². The molecule has 0 saturated heterocycles. The first kappa shape index (κ1) is 14.5. The number of nitrogens with zero attached hydrogens (tertiary/aromatic N) is 2. The highest BCUT2D eigenvalue weighted by Gasteiger charge is 2.30. The summed E-state index contributed by atoms with van der Waals surface area (Å²) in [6.07, 6.45) is 3.39. The summed E-state index contributed by atoms with van der Waals surface area (Å²) in [5, 5.41) is 5.19. The second-order valence-electron chi connectivity index (χ2n) is 3.56. The van der Waals surface area contributed by atoms with Crippen molar-refractivity contribution < 1.29 is 4.79 Å². The monoisotopic (exact) mass is 335 g/mol. The molecule has 2 heterocycles. The molecule has 1 N–H and O–H groups in total. The molecule has 0 bridgehead atoms. The van der Waals surface area contributed by atoms with Crippen molar-refractivity contribution in [2.75, 3.05) is 0 Å². The first-order valence-corrected chi connectivity index (χ1v) is 7.18. The highest BCUT2D eigenvalue weighted by atomic mass is 35.6. The van der Waals surface area contributed by atoms with E-state index in [0.29, 0.717) is 5.69 Å². The minimum atomic E-state index is -1.95. The van der Waals surface area contributed by atoms with Gasteiger partial charge in [0.2, 0.25) is 0 Å². The van der Waals surface area contributed by atoms with Crippen molar-refractivity contribution in [1.29, 1.82) is 0 Å². The van der Waals surface area contributed by atoms with Gasteiger partial charge in [-0.3, -0.25) is 9.78 Å². The van der Waals surface area contributed by atoms with Crippen LogP contribution >= 0.6 is 46.1 Å². The molecule has 19 heavy (non-hydrogen) atoms. The van der Waals surface area contributed by atoms with Crippen molar-refractivity contribution in [3.05, 3.63) is 35.6 Å². The second-order valence-corrected chi connectivity index (χ2v) is 6.70. The Morgan fingerprint density at radius 2 is 2.00 bits per heavy atom. The standard InChI is InChI=1S/C11H8Cl3N3OS/c12-11(13,14)10(18)16-5-8-6-19-9(17-8)7-1-3-15-4-2-7/h1-4,6H,5H2,(H,16,18). The maximum Gasteiger partial charge on any atom is 0.272 e. The van der Waals surface area contributed by atoms with Crippen molar-refractivity contribution in [3.8, 4) is 10.6 Å². The summed E-state index contributed by atoms with van der Waals surface area (Å²) < 4.78 is -1.95. The largest absolute Gasteiger partial charge is 0.347 e. The lowest BCUT2D eigenvalue weighted by molar-refractivity contribution is -0.120. The van der Waals surface area contributed by atoms with E-state index in [0.717, 1.165) is 10.6 Å². The lowest BCUT2D eigenvalue weighted by Crippen LogP contribution is -2.34. The van der Waals surface area contributed by atoms with E-state index in [4.69, 9.17) is 34.8 Å². The first-order valence-electron chi connectivity index (χ1n) is 5.16. The quantitative estimate of drug-likeness (QED) is 0.876. The Morgan fingerprint density at radius 3 is 2.63 bits per heavy atom. The Hall–Kier alpha value is -0.880. The fourth-order valence-corrected chi connectivity index (χ4v) is 2.31. The maximum atomic E-state index is 11.4. The summed E-state index contributed by atoms with van der Waals surface area (Å²) in [5.41, 5.74) is 1.68. The zero-order valence-corrected chi connectivity index (χ0v) is 12.5. The van der Waals surface area contributed by atoms with E-state index in [-0.39, 0.29) is 6.54 Å². The molecule has 8 heteroatoms. The second kappa shape index (κ2) is 6.05. The number of nitrogens with one attached hydrogen (secondary N) is 1. The minimum Gasteiger partial charge on any atom is -0.347 e. The van der Waals surface area contributed by atoms with Gasteiger partial charge in [-0.15, -0.1) is 11.3 Å². The number of halogens is 3. The Labute approximate surface area is 128 Å². The van der Waals surface area contributed by atoms with Crippen molar-refractivity contribution in [1.82, 2.24) is 15.3 Å². The van der Waals surface area contributed by atoms with Gasteiger partial charge in [0, 0.05) is 23.3 Å². The maximum absolute atomic E-state index is 11.4. The van der Waals surface area contributed by atoms with Crippen molar-refractivity contribution in [2.45, 2.75) is 10.3 Å². The third-order valence-corrected chi connectivity index (χ3v) is 3.62. The van der Waals surface area contributed by atoms with Crippen LogP contribution in [-0.2, 0) is 11.3 Å². The summed E-state index contributed by atoms with van der Waals surface area (Å²) >= 11 is 17.8. The first-order chi connectivity index (χ1) is 8.97. The van der Waals surface area contributed by atoms with Gasteiger partial charge in [0.15, 0.2) is 0 Å². The molecule has 0 saturated carbocycles. The predicted molar refractivity (Wildman–Crippen MR) is 77.5 cm³/mol. The number of carbonyl (C=O) groups excluding carboxylic acids is 1. The predicted octanol–water partition coefficient (Wildman–Crippen LogP) is 3.19. The van der Waals surface area contributed by atoms with Crippen LogP contribution in [-0.4, -0.2) is 19.7 Å². The molecule has 0 unspecified atom stereocenters. The number of hydrogen-bond donors (Lipinski definition) is 1. The van der Waals surface area contributed by atoms with Gasteiger partial charge in [-0.1, -0.05) is 34.8 Å². The number of aromatic nitrogens is 2. The summed E-state index contributed by atoms with van der Waals surface area (Å²) in [6, 6.07) is 3.73. The normalized spacial score (nSPS) is 11.3. The van der Waals surface area contributed by atoms with Crippen LogP contribution in [0.1, 0.15) is 5.69 Å². The Morgan fingerprint density at radius 1 is 1.32 bits per heavy atom. The van der Waals surface area contributed by atoms with E-state index in [1.165, 1.54) is 11.3 Å². The molecule has 0 spiro atoms. The molecule has 100 valence electrons. The van der Waals surface area contributed by atoms with Gasteiger partial charge in [0.1, 0.15) is 5.01 Å². The number of carbonyl (C=O) groups is 1. The average molecular weight is 337 g/mol. The van der Waals surface area contributed by atoms with Crippen LogP contribution in [0.2, 0.25) is 0 Å². The minimum absolute atomic E-state index is 0.217. The van der Waals surface area contributed by atoms with Crippen molar-refractivity contribution in [2.24, 2.45) is 0 Å². The number of thiazole rings is 1. The molecule has 2 aromatic rings. The van der Waals surface area contributed by atoms with Gasteiger partial charge in [-0.25, -0.2) is 4.98 Å². The van der Waals surface area contributed by atoms with E-state index in [2.05, 4.69) is 15.3 Å². The molecule has 1 amide bonds. The Kier molecular flexibility index (Phi) is 4.62. The zero-order valence-electron chi connectivity index (χ0n) is 9.44. The van der Waals surface area contributed by atoms with E-state index in [9.17, 15) is 4.79 Å². The van der Waals surface area contributed by atoms with E-state index < -0.39 is 9.70 Å². The fraction of sp³-hybridized carbons (Fsp3) is 0.182. The third kappa shape index (κ3) is 4.04. The van der Waals surface area contributed by atoms with Crippen LogP contribution in [0.5, 0.6) is 0 Å². The van der Waals surface area contributed by atoms with Gasteiger partial charge < -0.3 is 5.32 Å². The van der Waals surface area contributed by atoms with Gasteiger partial charge >= 0.3 is 0 Å². The van der Waals surface area contributed by atoms with E-state index in [1.54, 1.807) is 12.4 Å². The summed E-state index contributed by atoms with van der Waals surface area (Å²) in [5.74, 6) is -0.670. The molecule has 0 radical (unpaired) electrons. The van der Waals surface area contributed by atoms with Crippen LogP contribution in [0.3, 0.4) is 0 Å². The Bertz CT molecular complexity index is 568. The molecular formula is C11H8Cl3N3OS. The van der Waals surface area contributed by atoms with Gasteiger partial charge in [-0.05, 0) is 12.1 Å². The van der Waals surface area contributed by atoms with Crippen LogP contribution in [0.4, 0.5) is 0 Å². The Balaban J connectivity index is 2.01. The zero-order chi connectivity index (χ0) is 13.9. The number of pyridine rings is 1. The van der Waals surface area contributed by atoms with Crippen molar-refractivity contribution in [3.63, 3.8) is 0 Å². The SMILES string of the molecule is O=C(NCc1csc(-c2ccncc2)n1)C(Cl)(Cl)Cl. The average Bonchev–Trinajstić information content (AvgIpc) is 2.84. The van der Waals surface area contributed by atoms with Crippen LogP contribution in [0, 0.1) is 0 Å². The van der Waals surface area contributed by atoms with E-state index in [1.807, 2.05) is 17.5 Å². The molecular weight excluding hydrogens is 329 g/mol. The fourth-order valence-electron chi connectivity index (χ4n) is 1.29. The number of hydrogen-bond acceptors (Lipinski definition) is 4. The lowest BCUT2D eigenvalue weighted by atomic mass is 10.3. The third-order valence-electron chi connectivity index (χ3n) is 2.17. The smallest absolute Gasteiger partial charge is 0.272 e. The molecule has 0 aromatic carbocycles. The molecule has 2 rings (SSSR count). The van der Waals surface area contributed by atoms with Crippen LogP contribution in [0.15, 0.2) is 29.9 Å². The number of rotatable bonds is 3.